The smallest absolute Gasteiger partial charge is 0.338 e. The number of nitro benzene ring substituents is 1. The summed E-state index contributed by atoms with van der Waals surface area (Å²) in [5, 5.41) is 10.7. The number of hydrogen-bond acceptors (Lipinski definition) is 7. The molecule has 4 bridgehead atoms. The van der Waals surface area contributed by atoms with Gasteiger partial charge in [0.15, 0.2) is 0 Å². The maximum absolute atomic E-state index is 12.2. The summed E-state index contributed by atoms with van der Waals surface area (Å²) in [7, 11) is 0. The zero-order chi connectivity index (χ0) is 22.6. The Hall–Kier alpha value is -2.03. The minimum atomic E-state index is -0.610. The van der Waals surface area contributed by atoms with Crippen LogP contribution in [0.2, 0.25) is 0 Å². The number of benzene rings is 1. The van der Waals surface area contributed by atoms with Crippen LogP contribution in [-0.4, -0.2) is 29.1 Å². The lowest BCUT2D eigenvalue weighted by Crippen LogP contribution is -2.59. The van der Waals surface area contributed by atoms with Crippen molar-refractivity contribution >= 4 is 11.7 Å². The molecular weight excluding hydrogens is 426 g/mol. The fourth-order valence-electron chi connectivity index (χ4n) is 7.32. The average Bonchev–Trinajstić information content (AvgIpc) is 3.18. The van der Waals surface area contributed by atoms with Crippen LogP contribution in [0.25, 0.3) is 0 Å². The van der Waals surface area contributed by atoms with Gasteiger partial charge in [-0.2, -0.15) is 9.78 Å². The summed E-state index contributed by atoms with van der Waals surface area (Å²) in [5.74, 6) is 1.54. The Balaban J connectivity index is 0.984. The van der Waals surface area contributed by atoms with Crippen LogP contribution < -0.4 is 0 Å². The average molecular weight is 458 g/mol. The number of carbonyl (C=O) groups is 1. The Morgan fingerprint density at radius 1 is 1.00 bits per heavy atom. The number of hydrogen-bond donors (Lipinski definition) is 0. The summed E-state index contributed by atoms with van der Waals surface area (Å²) in [6.45, 7) is 0.336. The molecular formula is C25H31NO7. The molecule has 7 rings (SSSR count). The summed E-state index contributed by atoms with van der Waals surface area (Å²) in [4.78, 5) is 34.5. The van der Waals surface area contributed by atoms with Gasteiger partial charge in [-0.15, -0.1) is 0 Å². The maximum atomic E-state index is 12.2. The summed E-state index contributed by atoms with van der Waals surface area (Å²) in [6.07, 6.45) is 10.6. The summed E-state index contributed by atoms with van der Waals surface area (Å²) in [5.41, 5.74) is 0.285. The number of ether oxygens (including phenoxy) is 2. The third-order valence-electron chi connectivity index (χ3n) is 8.89. The van der Waals surface area contributed by atoms with Gasteiger partial charge in [-0.25, -0.2) is 4.79 Å². The fourth-order valence-corrected chi connectivity index (χ4v) is 7.32. The SMILES string of the molecule is O=C(OCCC1CCC2(CC1)OOC1(O2)C2CC3CC(C2)CC1C3)c1ccc([N+](=O)[O-])cc1. The van der Waals surface area contributed by atoms with E-state index in [0.717, 1.165) is 43.9 Å². The number of carbonyl (C=O) groups excluding carboxylic acids is 1. The number of esters is 1. The molecule has 1 aliphatic heterocycles. The molecule has 5 aliphatic carbocycles. The van der Waals surface area contributed by atoms with Gasteiger partial charge in [-0.1, -0.05) is 0 Å². The van der Waals surface area contributed by atoms with Crippen LogP contribution in [0.5, 0.6) is 0 Å². The quantitative estimate of drug-likeness (QED) is 0.261. The van der Waals surface area contributed by atoms with Crippen LogP contribution >= 0.6 is 0 Å². The van der Waals surface area contributed by atoms with Crippen molar-refractivity contribution in [2.75, 3.05) is 6.61 Å². The molecule has 1 aromatic carbocycles. The van der Waals surface area contributed by atoms with Gasteiger partial charge < -0.3 is 9.47 Å². The van der Waals surface area contributed by atoms with Crippen molar-refractivity contribution in [1.29, 1.82) is 0 Å². The van der Waals surface area contributed by atoms with Gasteiger partial charge in [0, 0.05) is 36.8 Å². The van der Waals surface area contributed by atoms with Gasteiger partial charge in [0.1, 0.15) is 0 Å². The van der Waals surface area contributed by atoms with E-state index >= 15 is 0 Å². The van der Waals surface area contributed by atoms with Gasteiger partial charge in [0.2, 0.25) is 11.6 Å². The Bertz CT molecular complexity index is 893. The van der Waals surface area contributed by atoms with Crippen LogP contribution in [0.4, 0.5) is 5.69 Å². The van der Waals surface area contributed by atoms with Gasteiger partial charge >= 0.3 is 5.97 Å². The lowest BCUT2D eigenvalue weighted by atomic mass is 9.53. The van der Waals surface area contributed by atoms with E-state index in [1.165, 1.54) is 56.4 Å². The molecule has 2 spiro atoms. The molecule has 1 heterocycles. The number of nitro groups is 1. The van der Waals surface area contributed by atoms with Crippen molar-refractivity contribution in [3.05, 3.63) is 39.9 Å². The summed E-state index contributed by atoms with van der Waals surface area (Å²) in [6, 6.07) is 5.49. The van der Waals surface area contributed by atoms with E-state index in [-0.39, 0.29) is 5.69 Å². The molecule has 0 unspecified atom stereocenters. The standard InChI is InChI=1S/C25H31NO7/c27-23(19-1-3-22(4-2-19)26(28)29)30-10-7-16-5-8-24(9-6-16)31-25(33-32-24)20-12-17-11-18(14-20)15-21(25)13-17/h1-4,16-18,20-21H,5-15H2. The van der Waals surface area contributed by atoms with Crippen LogP contribution in [0.3, 0.4) is 0 Å². The topological polar surface area (TPSA) is 97.1 Å². The van der Waals surface area contributed by atoms with Gasteiger partial charge in [-0.3, -0.25) is 10.1 Å². The normalized spacial score (nSPS) is 41.0. The molecule has 8 heteroatoms. The van der Waals surface area contributed by atoms with Gasteiger partial charge in [0.25, 0.3) is 5.69 Å². The second-order valence-electron chi connectivity index (χ2n) is 10.9. The molecule has 6 fully saturated rings. The molecule has 1 aromatic rings. The van der Waals surface area contributed by atoms with E-state index < -0.39 is 22.5 Å². The fraction of sp³-hybridized carbons (Fsp3) is 0.720. The predicted octanol–water partition coefficient (Wildman–Crippen LogP) is 5.16. The largest absolute Gasteiger partial charge is 0.462 e. The molecule has 0 amide bonds. The van der Waals surface area contributed by atoms with Crippen molar-refractivity contribution in [3.63, 3.8) is 0 Å². The molecule has 1 saturated heterocycles. The minimum Gasteiger partial charge on any atom is -0.462 e. The Morgan fingerprint density at radius 2 is 1.64 bits per heavy atom. The van der Waals surface area contributed by atoms with Crippen LogP contribution in [0.15, 0.2) is 24.3 Å². The molecule has 33 heavy (non-hydrogen) atoms. The minimum absolute atomic E-state index is 0.0431. The van der Waals surface area contributed by atoms with E-state index in [4.69, 9.17) is 19.2 Å². The molecule has 6 aliphatic rings. The maximum Gasteiger partial charge on any atom is 0.338 e. The van der Waals surface area contributed by atoms with E-state index in [9.17, 15) is 14.9 Å². The highest BCUT2D eigenvalue weighted by Crippen LogP contribution is 2.63. The molecule has 5 saturated carbocycles. The number of rotatable bonds is 5. The summed E-state index contributed by atoms with van der Waals surface area (Å²) < 4.78 is 12.2. The van der Waals surface area contributed by atoms with E-state index in [0.29, 0.717) is 29.9 Å². The Kier molecular flexibility index (Phi) is 5.23. The first-order chi connectivity index (χ1) is 15.9. The van der Waals surface area contributed by atoms with Gasteiger partial charge in [0.05, 0.1) is 17.1 Å². The van der Waals surface area contributed by atoms with Crippen molar-refractivity contribution in [2.24, 2.45) is 29.6 Å². The Labute approximate surface area is 193 Å². The molecule has 0 N–H and O–H groups in total. The van der Waals surface area contributed by atoms with Crippen molar-refractivity contribution in [1.82, 2.24) is 0 Å². The van der Waals surface area contributed by atoms with Crippen LogP contribution in [0, 0.1) is 39.7 Å². The molecule has 0 atom stereocenters. The van der Waals surface area contributed by atoms with Crippen molar-refractivity contribution < 1.29 is 29.0 Å². The lowest BCUT2D eigenvalue weighted by molar-refractivity contribution is -0.390. The lowest BCUT2D eigenvalue weighted by Gasteiger charge is -2.57. The predicted molar refractivity (Wildman–Crippen MR) is 116 cm³/mol. The van der Waals surface area contributed by atoms with Crippen molar-refractivity contribution in [2.45, 2.75) is 75.8 Å². The highest BCUT2D eigenvalue weighted by atomic mass is 17.3. The van der Waals surface area contributed by atoms with Crippen molar-refractivity contribution in [3.8, 4) is 0 Å². The first-order valence-corrected chi connectivity index (χ1v) is 12.4. The van der Waals surface area contributed by atoms with E-state index in [1.807, 2.05) is 0 Å². The van der Waals surface area contributed by atoms with Crippen LogP contribution in [-0.2, 0) is 19.2 Å². The molecule has 178 valence electrons. The van der Waals surface area contributed by atoms with E-state index in [2.05, 4.69) is 0 Å². The van der Waals surface area contributed by atoms with Gasteiger partial charge in [-0.05, 0) is 81.3 Å². The molecule has 0 radical (unpaired) electrons. The number of nitrogens with zero attached hydrogens (tertiary/aromatic N) is 1. The number of non-ortho nitro benzene ring substituents is 1. The second kappa shape index (κ2) is 8.03. The first-order valence-electron chi connectivity index (χ1n) is 12.4. The zero-order valence-electron chi connectivity index (χ0n) is 18.8. The highest BCUT2D eigenvalue weighted by molar-refractivity contribution is 5.89. The monoisotopic (exact) mass is 457 g/mol. The summed E-state index contributed by atoms with van der Waals surface area (Å²) >= 11 is 0. The third-order valence-corrected chi connectivity index (χ3v) is 8.89. The highest BCUT2D eigenvalue weighted by Gasteiger charge is 2.66. The second-order valence-corrected chi connectivity index (χ2v) is 10.9. The molecule has 0 aromatic heterocycles. The first kappa shape index (κ1) is 21.5. The zero-order valence-corrected chi connectivity index (χ0v) is 18.8. The molecule has 8 nitrogen and oxygen atoms in total. The Morgan fingerprint density at radius 3 is 2.24 bits per heavy atom. The van der Waals surface area contributed by atoms with E-state index in [1.54, 1.807) is 0 Å². The van der Waals surface area contributed by atoms with Crippen LogP contribution in [0.1, 0.15) is 74.6 Å². The third kappa shape index (κ3) is 3.76.